The second-order valence-corrected chi connectivity index (χ2v) is 7.96. The van der Waals surface area contributed by atoms with Crippen molar-refractivity contribution < 1.29 is 23.0 Å². The molecular formula is C22H15F3N4O2S. The van der Waals surface area contributed by atoms with Crippen molar-refractivity contribution in [3.05, 3.63) is 70.4 Å². The number of rotatable bonds is 5. The van der Waals surface area contributed by atoms with E-state index in [1.807, 2.05) is 0 Å². The average Bonchev–Trinajstić information content (AvgIpc) is 3.22. The fourth-order valence-electron chi connectivity index (χ4n) is 3.11. The van der Waals surface area contributed by atoms with Crippen LogP contribution in [0.4, 0.5) is 13.2 Å². The summed E-state index contributed by atoms with van der Waals surface area (Å²) in [6, 6.07) is 13.7. The maximum atomic E-state index is 12.6. The number of hydrogen-bond donors (Lipinski definition) is 1. The van der Waals surface area contributed by atoms with Crippen molar-refractivity contribution in [1.82, 2.24) is 15.0 Å². The van der Waals surface area contributed by atoms with Gasteiger partial charge in [0.25, 0.3) is 0 Å². The van der Waals surface area contributed by atoms with Gasteiger partial charge in [0.1, 0.15) is 10.9 Å². The second kappa shape index (κ2) is 8.53. The first kappa shape index (κ1) is 21.7. The van der Waals surface area contributed by atoms with E-state index in [0.29, 0.717) is 37.7 Å². The number of pyridine rings is 1. The Kier molecular flexibility index (Phi) is 5.78. The standard InChI is InChI=1S/C22H15F3N4O2S/c1-12-16-9-17(18(30)15-6-3-7-27-20(15)31-11-22(23,24)25)32-21(16)29-19(28-12)14-5-2-4-13(8-14)10-26/h2-9,18,30H,11H2,1H3. The third-order valence-electron chi connectivity index (χ3n) is 4.59. The van der Waals surface area contributed by atoms with Gasteiger partial charge in [-0.3, -0.25) is 0 Å². The van der Waals surface area contributed by atoms with E-state index in [-0.39, 0.29) is 11.4 Å². The normalized spacial score (nSPS) is 12.5. The number of nitrogens with zero attached hydrogens (tertiary/aromatic N) is 4. The molecule has 1 unspecified atom stereocenters. The van der Waals surface area contributed by atoms with Crippen LogP contribution < -0.4 is 4.74 Å². The van der Waals surface area contributed by atoms with Crippen LogP contribution in [0.1, 0.15) is 27.8 Å². The molecule has 1 aromatic carbocycles. The third-order valence-corrected chi connectivity index (χ3v) is 5.67. The third kappa shape index (κ3) is 4.54. The largest absolute Gasteiger partial charge is 0.468 e. The Bertz CT molecular complexity index is 1330. The monoisotopic (exact) mass is 456 g/mol. The highest BCUT2D eigenvalue weighted by molar-refractivity contribution is 7.18. The van der Waals surface area contributed by atoms with Crippen LogP contribution in [0.3, 0.4) is 0 Å². The van der Waals surface area contributed by atoms with Gasteiger partial charge in [0.15, 0.2) is 12.4 Å². The molecule has 0 bridgehead atoms. The van der Waals surface area contributed by atoms with Crippen LogP contribution in [0.25, 0.3) is 21.6 Å². The van der Waals surface area contributed by atoms with Gasteiger partial charge in [0, 0.05) is 27.6 Å². The van der Waals surface area contributed by atoms with Crippen molar-refractivity contribution in [1.29, 1.82) is 5.26 Å². The number of thiophene rings is 1. The molecule has 0 spiro atoms. The highest BCUT2D eigenvalue weighted by Gasteiger charge is 2.30. The number of alkyl halides is 3. The van der Waals surface area contributed by atoms with Gasteiger partial charge in [0.2, 0.25) is 5.88 Å². The van der Waals surface area contributed by atoms with Crippen LogP contribution in [0.2, 0.25) is 0 Å². The van der Waals surface area contributed by atoms with Gasteiger partial charge >= 0.3 is 6.18 Å². The first-order valence-corrected chi connectivity index (χ1v) is 10.2. The fraction of sp³-hybridized carbons (Fsp3) is 0.182. The molecule has 0 saturated heterocycles. The number of aromatic nitrogens is 3. The Morgan fingerprint density at radius 3 is 2.75 bits per heavy atom. The number of hydrogen-bond acceptors (Lipinski definition) is 7. The predicted molar refractivity (Wildman–Crippen MR) is 112 cm³/mol. The van der Waals surface area contributed by atoms with Gasteiger partial charge in [-0.1, -0.05) is 12.1 Å². The first-order chi connectivity index (χ1) is 15.2. The molecule has 10 heteroatoms. The van der Waals surface area contributed by atoms with E-state index in [4.69, 9.17) is 10.00 Å². The summed E-state index contributed by atoms with van der Waals surface area (Å²) in [4.78, 5) is 14.0. The molecule has 32 heavy (non-hydrogen) atoms. The minimum Gasteiger partial charge on any atom is -0.468 e. The molecule has 3 aromatic heterocycles. The Hall–Kier alpha value is -3.55. The lowest BCUT2D eigenvalue weighted by atomic mass is 10.1. The molecule has 4 aromatic rings. The molecule has 0 fully saturated rings. The number of ether oxygens (including phenoxy) is 1. The van der Waals surface area contributed by atoms with E-state index >= 15 is 0 Å². The minimum absolute atomic E-state index is 0.121. The van der Waals surface area contributed by atoms with Crippen molar-refractivity contribution in [3.63, 3.8) is 0 Å². The molecule has 6 nitrogen and oxygen atoms in total. The van der Waals surface area contributed by atoms with E-state index in [0.717, 1.165) is 0 Å². The Labute approximate surface area is 184 Å². The lowest BCUT2D eigenvalue weighted by molar-refractivity contribution is -0.154. The predicted octanol–water partition coefficient (Wildman–Crippen LogP) is 4.96. The summed E-state index contributed by atoms with van der Waals surface area (Å²) in [6.45, 7) is 0.290. The Morgan fingerprint density at radius 1 is 1.19 bits per heavy atom. The van der Waals surface area contributed by atoms with E-state index in [2.05, 4.69) is 21.0 Å². The van der Waals surface area contributed by atoms with Crippen molar-refractivity contribution in [2.24, 2.45) is 0 Å². The van der Waals surface area contributed by atoms with Gasteiger partial charge in [-0.25, -0.2) is 15.0 Å². The quantitative estimate of drug-likeness (QED) is 0.457. The van der Waals surface area contributed by atoms with Crippen molar-refractivity contribution in [2.75, 3.05) is 6.61 Å². The topological polar surface area (TPSA) is 91.9 Å². The minimum atomic E-state index is -4.52. The van der Waals surface area contributed by atoms with Crippen LogP contribution >= 0.6 is 11.3 Å². The van der Waals surface area contributed by atoms with Crippen molar-refractivity contribution in [2.45, 2.75) is 19.2 Å². The van der Waals surface area contributed by atoms with Crippen LogP contribution in [-0.2, 0) is 0 Å². The highest BCUT2D eigenvalue weighted by Crippen LogP contribution is 2.37. The van der Waals surface area contributed by atoms with E-state index in [1.54, 1.807) is 37.3 Å². The molecule has 0 aliphatic rings. The SMILES string of the molecule is Cc1nc(-c2cccc(C#N)c2)nc2sc(C(O)c3cccnc3OCC(F)(F)F)cc12. The van der Waals surface area contributed by atoms with Crippen molar-refractivity contribution in [3.8, 4) is 23.3 Å². The number of aliphatic hydroxyl groups excluding tert-OH is 1. The fourth-order valence-corrected chi connectivity index (χ4v) is 4.20. The van der Waals surface area contributed by atoms with E-state index in [9.17, 15) is 18.3 Å². The van der Waals surface area contributed by atoms with Gasteiger partial charge in [0.05, 0.1) is 17.3 Å². The molecule has 0 aliphatic carbocycles. The number of nitriles is 1. The lowest BCUT2D eigenvalue weighted by Gasteiger charge is -2.14. The molecule has 3 heterocycles. The molecule has 1 atom stereocenters. The Morgan fingerprint density at radius 2 is 2.00 bits per heavy atom. The van der Waals surface area contributed by atoms with Gasteiger partial charge in [-0.05, 0) is 37.3 Å². The number of aryl methyl sites for hydroxylation is 1. The Balaban J connectivity index is 1.70. The molecule has 0 aliphatic heterocycles. The summed E-state index contributed by atoms with van der Waals surface area (Å²) in [6.07, 6.45) is -4.48. The zero-order valence-corrected chi connectivity index (χ0v) is 17.4. The van der Waals surface area contributed by atoms with Gasteiger partial charge < -0.3 is 9.84 Å². The lowest BCUT2D eigenvalue weighted by Crippen LogP contribution is -2.20. The summed E-state index contributed by atoms with van der Waals surface area (Å²) in [7, 11) is 0. The summed E-state index contributed by atoms with van der Waals surface area (Å²) in [5.74, 6) is 0.150. The van der Waals surface area contributed by atoms with Crippen LogP contribution in [-0.4, -0.2) is 32.8 Å². The second-order valence-electron chi connectivity index (χ2n) is 6.90. The number of halogens is 3. The molecule has 0 radical (unpaired) electrons. The van der Waals surface area contributed by atoms with Gasteiger partial charge in [-0.2, -0.15) is 18.4 Å². The van der Waals surface area contributed by atoms with Crippen molar-refractivity contribution >= 4 is 21.6 Å². The maximum Gasteiger partial charge on any atom is 0.422 e. The highest BCUT2D eigenvalue weighted by atomic mass is 32.1. The van der Waals surface area contributed by atoms with Crippen LogP contribution in [0.15, 0.2) is 48.7 Å². The van der Waals surface area contributed by atoms with E-state index in [1.165, 1.54) is 29.7 Å². The smallest absolute Gasteiger partial charge is 0.422 e. The summed E-state index contributed by atoms with van der Waals surface area (Å²) in [5, 5.41) is 20.7. The van der Waals surface area contributed by atoms with Crippen LogP contribution in [0.5, 0.6) is 5.88 Å². The zero-order valence-electron chi connectivity index (χ0n) is 16.6. The van der Waals surface area contributed by atoms with Crippen LogP contribution in [0, 0.1) is 18.3 Å². The van der Waals surface area contributed by atoms with Gasteiger partial charge in [-0.15, -0.1) is 11.3 Å². The van der Waals surface area contributed by atoms with E-state index < -0.39 is 18.9 Å². The first-order valence-electron chi connectivity index (χ1n) is 9.36. The molecule has 4 rings (SSSR count). The number of aliphatic hydroxyl groups is 1. The molecule has 0 amide bonds. The molecule has 162 valence electrons. The summed E-state index contributed by atoms with van der Waals surface area (Å²) >= 11 is 1.19. The summed E-state index contributed by atoms with van der Waals surface area (Å²) < 4.78 is 42.5. The summed E-state index contributed by atoms with van der Waals surface area (Å²) in [5.41, 5.74) is 1.95. The average molecular weight is 456 g/mol. The molecule has 1 N–H and O–H groups in total. The number of fused-ring (bicyclic) bond motifs is 1. The molecular weight excluding hydrogens is 441 g/mol. The number of benzene rings is 1. The molecule has 0 saturated carbocycles. The zero-order chi connectivity index (χ0) is 22.9. The maximum absolute atomic E-state index is 12.6.